The third-order valence-electron chi connectivity index (χ3n) is 4.70. The fourth-order valence-electron chi connectivity index (χ4n) is 3.47. The maximum Gasteiger partial charge on any atom is 0.410 e. The molecule has 0 aromatic heterocycles. The summed E-state index contributed by atoms with van der Waals surface area (Å²) in [6, 6.07) is 4.73. The second-order valence-corrected chi connectivity index (χ2v) is 7.46. The van der Waals surface area contributed by atoms with Crippen molar-refractivity contribution in [3.63, 3.8) is 0 Å². The molecule has 0 bridgehead atoms. The fourth-order valence-corrected chi connectivity index (χ4v) is 3.47. The summed E-state index contributed by atoms with van der Waals surface area (Å²) in [5.41, 5.74) is -0.569. The Labute approximate surface area is 145 Å². The largest absolute Gasteiger partial charge is 0.444 e. The zero-order chi connectivity index (χ0) is 18.4. The minimum Gasteiger partial charge on any atom is -0.444 e. The van der Waals surface area contributed by atoms with Crippen LogP contribution in [0.4, 0.5) is 16.2 Å². The molecule has 8 nitrogen and oxygen atoms in total. The van der Waals surface area contributed by atoms with E-state index in [4.69, 9.17) is 4.74 Å². The Balaban J connectivity index is 1.83. The van der Waals surface area contributed by atoms with Crippen molar-refractivity contribution in [1.82, 2.24) is 4.90 Å². The van der Waals surface area contributed by atoms with Crippen LogP contribution in [-0.2, 0) is 14.9 Å². The first-order valence-corrected chi connectivity index (χ1v) is 8.21. The van der Waals surface area contributed by atoms with Crippen LogP contribution in [0, 0.1) is 10.1 Å². The number of nitro groups is 1. The van der Waals surface area contributed by atoms with E-state index in [1.807, 2.05) is 0 Å². The van der Waals surface area contributed by atoms with E-state index < -0.39 is 22.0 Å². The van der Waals surface area contributed by atoms with Gasteiger partial charge in [0, 0.05) is 19.2 Å². The van der Waals surface area contributed by atoms with Crippen molar-refractivity contribution >= 4 is 23.4 Å². The maximum atomic E-state index is 12.6. The standard InChI is InChI=1S/C17H21N3O5/c1-16(2,3)25-15(22)19-9-7-17(8-10-19)11-5-4-6-12(20(23)24)13(11)18-14(17)21/h4-6H,7-10H2,1-3H3,(H,18,21). The number of ether oxygens (including phenoxy) is 1. The summed E-state index contributed by atoms with van der Waals surface area (Å²) >= 11 is 0. The van der Waals surface area contributed by atoms with Crippen LogP contribution in [0.1, 0.15) is 39.2 Å². The van der Waals surface area contributed by atoms with E-state index in [0.29, 0.717) is 31.5 Å². The van der Waals surface area contributed by atoms with Gasteiger partial charge < -0.3 is 15.0 Å². The summed E-state index contributed by atoms with van der Waals surface area (Å²) in [5, 5.41) is 13.9. The summed E-state index contributed by atoms with van der Waals surface area (Å²) in [6.07, 6.45) is 0.415. The lowest BCUT2D eigenvalue weighted by molar-refractivity contribution is -0.383. The lowest BCUT2D eigenvalue weighted by Gasteiger charge is -2.38. The number of amides is 2. The molecule has 0 aliphatic carbocycles. The number of hydrogen-bond acceptors (Lipinski definition) is 5. The Morgan fingerprint density at radius 1 is 1.32 bits per heavy atom. The fraction of sp³-hybridized carbons (Fsp3) is 0.529. The van der Waals surface area contributed by atoms with E-state index in [1.165, 1.54) is 6.07 Å². The van der Waals surface area contributed by atoms with Crippen LogP contribution in [0.5, 0.6) is 0 Å². The molecule has 2 aliphatic rings. The van der Waals surface area contributed by atoms with E-state index in [9.17, 15) is 19.7 Å². The Hall–Kier alpha value is -2.64. The second kappa shape index (κ2) is 5.72. The van der Waals surface area contributed by atoms with Crippen molar-refractivity contribution in [2.24, 2.45) is 0 Å². The number of piperidine rings is 1. The zero-order valence-electron chi connectivity index (χ0n) is 14.5. The quantitative estimate of drug-likeness (QED) is 0.622. The van der Waals surface area contributed by atoms with Crippen LogP contribution in [0.25, 0.3) is 0 Å². The minimum absolute atomic E-state index is 0.0997. The van der Waals surface area contributed by atoms with Gasteiger partial charge in [-0.3, -0.25) is 14.9 Å². The molecule has 3 rings (SSSR count). The number of rotatable bonds is 1. The van der Waals surface area contributed by atoms with E-state index >= 15 is 0 Å². The lowest BCUT2D eigenvalue weighted by Crippen LogP contribution is -2.49. The lowest BCUT2D eigenvalue weighted by atomic mass is 9.73. The highest BCUT2D eigenvalue weighted by Crippen LogP contribution is 2.48. The highest BCUT2D eigenvalue weighted by molar-refractivity contribution is 6.08. The number of fused-ring (bicyclic) bond motifs is 2. The molecule has 2 heterocycles. The van der Waals surface area contributed by atoms with Crippen molar-refractivity contribution in [3.8, 4) is 0 Å². The van der Waals surface area contributed by atoms with E-state index in [-0.39, 0.29) is 17.3 Å². The van der Waals surface area contributed by atoms with Crippen LogP contribution in [0.3, 0.4) is 0 Å². The Morgan fingerprint density at radius 3 is 2.52 bits per heavy atom. The molecule has 0 unspecified atom stereocenters. The zero-order valence-corrected chi connectivity index (χ0v) is 14.5. The first-order chi connectivity index (χ1) is 11.6. The molecule has 1 aromatic rings. The summed E-state index contributed by atoms with van der Waals surface area (Å²) in [6.45, 7) is 6.14. The normalized spacial score (nSPS) is 18.7. The van der Waals surface area contributed by atoms with E-state index in [1.54, 1.807) is 37.8 Å². The molecular formula is C17H21N3O5. The first-order valence-electron chi connectivity index (χ1n) is 8.21. The molecule has 0 atom stereocenters. The highest BCUT2D eigenvalue weighted by atomic mass is 16.6. The predicted octanol–water partition coefficient (Wildman–Crippen LogP) is 2.82. The first kappa shape index (κ1) is 17.2. The monoisotopic (exact) mass is 347 g/mol. The van der Waals surface area contributed by atoms with Crippen LogP contribution in [-0.4, -0.2) is 40.5 Å². The average molecular weight is 347 g/mol. The Morgan fingerprint density at radius 2 is 1.96 bits per heavy atom. The number of anilines is 1. The van der Waals surface area contributed by atoms with Crippen molar-refractivity contribution in [2.75, 3.05) is 18.4 Å². The molecule has 1 N–H and O–H groups in total. The predicted molar refractivity (Wildman–Crippen MR) is 90.4 cm³/mol. The van der Waals surface area contributed by atoms with Crippen LogP contribution < -0.4 is 5.32 Å². The smallest absolute Gasteiger partial charge is 0.410 e. The van der Waals surface area contributed by atoms with Gasteiger partial charge in [-0.25, -0.2) is 4.79 Å². The van der Waals surface area contributed by atoms with Gasteiger partial charge in [0.15, 0.2) is 0 Å². The Bertz CT molecular complexity index is 745. The van der Waals surface area contributed by atoms with Crippen LogP contribution in [0.2, 0.25) is 0 Å². The molecule has 1 fully saturated rings. The summed E-state index contributed by atoms with van der Waals surface area (Å²) in [4.78, 5) is 37.1. The molecule has 134 valence electrons. The summed E-state index contributed by atoms with van der Waals surface area (Å²) in [5.74, 6) is -0.236. The number of nitro benzene ring substituents is 1. The van der Waals surface area contributed by atoms with Crippen molar-refractivity contribution in [3.05, 3.63) is 33.9 Å². The average Bonchev–Trinajstić information content (AvgIpc) is 2.78. The van der Waals surface area contributed by atoms with Gasteiger partial charge in [-0.1, -0.05) is 12.1 Å². The molecule has 0 radical (unpaired) electrons. The molecular weight excluding hydrogens is 326 g/mol. The molecule has 2 aliphatic heterocycles. The van der Waals surface area contributed by atoms with Gasteiger partial charge in [0.25, 0.3) is 5.69 Å². The molecule has 0 saturated carbocycles. The summed E-state index contributed by atoms with van der Waals surface area (Å²) < 4.78 is 5.37. The van der Waals surface area contributed by atoms with Gasteiger partial charge >= 0.3 is 6.09 Å². The number of carbonyl (C=O) groups excluding carboxylic acids is 2. The van der Waals surface area contributed by atoms with E-state index in [0.717, 1.165) is 0 Å². The van der Waals surface area contributed by atoms with E-state index in [2.05, 4.69) is 5.32 Å². The van der Waals surface area contributed by atoms with Crippen LogP contribution in [0.15, 0.2) is 18.2 Å². The highest BCUT2D eigenvalue weighted by Gasteiger charge is 2.51. The minimum atomic E-state index is -0.820. The number of hydrogen-bond donors (Lipinski definition) is 1. The topological polar surface area (TPSA) is 102 Å². The van der Waals surface area contributed by atoms with Crippen molar-refractivity contribution in [1.29, 1.82) is 0 Å². The number of carbonyl (C=O) groups is 2. The van der Waals surface area contributed by atoms with Gasteiger partial charge in [-0.05, 0) is 39.2 Å². The number of benzene rings is 1. The van der Waals surface area contributed by atoms with Gasteiger partial charge in [0.2, 0.25) is 5.91 Å². The second-order valence-electron chi connectivity index (χ2n) is 7.46. The molecule has 1 saturated heterocycles. The Kier molecular flexibility index (Phi) is 3.93. The molecule has 25 heavy (non-hydrogen) atoms. The van der Waals surface area contributed by atoms with Crippen molar-refractivity contribution in [2.45, 2.75) is 44.6 Å². The molecule has 2 amide bonds. The number of nitrogens with zero attached hydrogens (tertiary/aromatic N) is 2. The third kappa shape index (κ3) is 2.92. The van der Waals surface area contributed by atoms with Gasteiger partial charge in [-0.15, -0.1) is 0 Å². The van der Waals surface area contributed by atoms with Crippen LogP contribution >= 0.6 is 0 Å². The third-order valence-corrected chi connectivity index (χ3v) is 4.70. The number of nitrogens with one attached hydrogen (secondary N) is 1. The maximum absolute atomic E-state index is 12.6. The number of likely N-dealkylation sites (tertiary alicyclic amines) is 1. The molecule has 1 aromatic carbocycles. The van der Waals surface area contributed by atoms with Gasteiger partial charge in [0.1, 0.15) is 11.3 Å². The summed E-state index contributed by atoms with van der Waals surface area (Å²) in [7, 11) is 0. The SMILES string of the molecule is CC(C)(C)OC(=O)N1CCC2(CC1)C(=O)Nc1c([N+](=O)[O-])cccc12. The van der Waals surface area contributed by atoms with Gasteiger partial charge in [-0.2, -0.15) is 0 Å². The van der Waals surface area contributed by atoms with Gasteiger partial charge in [0.05, 0.1) is 10.3 Å². The number of para-hydroxylation sites is 1. The molecule has 1 spiro atoms. The molecule has 8 heteroatoms. The van der Waals surface area contributed by atoms with Crippen molar-refractivity contribution < 1.29 is 19.2 Å².